The van der Waals surface area contributed by atoms with E-state index in [0.29, 0.717) is 33.6 Å². The standard InChI is InChI=1S/C25H14FN5O2/c26-16-9-5-15(6-10-16)23-29-21(20(13-27)22(28)30-23)14-7-11-17(12-8-14)31-24(32)18-3-1-2-4-19(18)25(31)33/h1-12H,(H2,28,29,30). The van der Waals surface area contributed by atoms with Crippen LogP contribution >= 0.6 is 0 Å². The van der Waals surface area contributed by atoms with Crippen LogP contribution in [0, 0.1) is 17.1 Å². The Labute approximate surface area is 187 Å². The number of fused-ring (bicyclic) bond motifs is 1. The Kier molecular flexibility index (Phi) is 4.65. The topological polar surface area (TPSA) is 113 Å². The smallest absolute Gasteiger partial charge is 0.266 e. The van der Waals surface area contributed by atoms with Gasteiger partial charge in [-0.05, 0) is 48.5 Å². The van der Waals surface area contributed by atoms with Gasteiger partial charge in [-0.15, -0.1) is 0 Å². The van der Waals surface area contributed by atoms with Crippen LogP contribution in [0.5, 0.6) is 0 Å². The normalized spacial score (nSPS) is 12.5. The summed E-state index contributed by atoms with van der Waals surface area (Å²) in [5.41, 5.74) is 8.57. The lowest BCUT2D eigenvalue weighted by Crippen LogP contribution is -2.29. The number of aromatic nitrogens is 2. The number of amides is 2. The van der Waals surface area contributed by atoms with E-state index >= 15 is 0 Å². The van der Waals surface area contributed by atoms with Crippen molar-refractivity contribution in [2.24, 2.45) is 0 Å². The molecule has 1 aliphatic rings. The number of nitrogens with zero attached hydrogens (tertiary/aromatic N) is 4. The van der Waals surface area contributed by atoms with E-state index < -0.39 is 17.6 Å². The van der Waals surface area contributed by atoms with Crippen LogP contribution in [0.1, 0.15) is 26.3 Å². The highest BCUT2D eigenvalue weighted by Crippen LogP contribution is 2.32. The van der Waals surface area contributed by atoms with Gasteiger partial charge >= 0.3 is 0 Å². The van der Waals surface area contributed by atoms with Gasteiger partial charge in [-0.25, -0.2) is 19.3 Å². The molecular weight excluding hydrogens is 421 g/mol. The zero-order chi connectivity index (χ0) is 23.1. The number of rotatable bonds is 3. The fourth-order valence-corrected chi connectivity index (χ4v) is 3.72. The molecule has 0 unspecified atom stereocenters. The number of carbonyl (C=O) groups excluding carboxylic acids is 2. The van der Waals surface area contributed by atoms with Crippen molar-refractivity contribution in [1.82, 2.24) is 9.97 Å². The molecule has 5 rings (SSSR count). The lowest BCUT2D eigenvalue weighted by Gasteiger charge is -2.15. The molecule has 0 saturated heterocycles. The van der Waals surface area contributed by atoms with Gasteiger partial charge in [0.05, 0.1) is 22.5 Å². The molecule has 4 aromatic rings. The number of carbonyl (C=O) groups is 2. The first-order valence-corrected chi connectivity index (χ1v) is 9.89. The van der Waals surface area contributed by atoms with E-state index in [2.05, 4.69) is 9.97 Å². The van der Waals surface area contributed by atoms with Gasteiger partial charge in [-0.2, -0.15) is 5.26 Å². The Morgan fingerprint density at radius 1 is 0.818 bits per heavy atom. The number of hydrogen-bond acceptors (Lipinski definition) is 6. The summed E-state index contributed by atoms with van der Waals surface area (Å²) >= 11 is 0. The maximum atomic E-state index is 13.3. The van der Waals surface area contributed by atoms with Crippen LogP contribution in [0.15, 0.2) is 72.8 Å². The average Bonchev–Trinajstić information content (AvgIpc) is 3.09. The summed E-state index contributed by atoms with van der Waals surface area (Å²) in [6.45, 7) is 0. The molecule has 33 heavy (non-hydrogen) atoms. The largest absolute Gasteiger partial charge is 0.382 e. The van der Waals surface area contributed by atoms with E-state index in [0.717, 1.165) is 4.90 Å². The second-order valence-electron chi connectivity index (χ2n) is 7.31. The Morgan fingerprint density at radius 2 is 1.39 bits per heavy atom. The first kappa shape index (κ1) is 20.0. The number of halogens is 1. The highest BCUT2D eigenvalue weighted by Gasteiger charge is 2.36. The summed E-state index contributed by atoms with van der Waals surface area (Å²) < 4.78 is 13.3. The van der Waals surface area contributed by atoms with Gasteiger partial charge in [0.25, 0.3) is 11.8 Å². The van der Waals surface area contributed by atoms with Crippen LogP contribution in [-0.4, -0.2) is 21.8 Å². The zero-order valence-electron chi connectivity index (χ0n) is 17.0. The fourth-order valence-electron chi connectivity index (χ4n) is 3.72. The third-order valence-corrected chi connectivity index (χ3v) is 5.34. The SMILES string of the molecule is N#Cc1c(N)nc(-c2ccc(F)cc2)nc1-c1ccc(N2C(=O)c3ccccc3C2=O)cc1. The number of anilines is 2. The minimum atomic E-state index is -0.399. The maximum absolute atomic E-state index is 13.3. The molecule has 0 radical (unpaired) electrons. The van der Waals surface area contributed by atoms with Crippen molar-refractivity contribution in [2.75, 3.05) is 10.6 Å². The zero-order valence-corrected chi connectivity index (χ0v) is 17.0. The van der Waals surface area contributed by atoms with Crippen molar-refractivity contribution in [3.8, 4) is 28.7 Å². The summed E-state index contributed by atoms with van der Waals surface area (Å²) in [7, 11) is 0. The van der Waals surface area contributed by atoms with E-state index in [1.165, 1.54) is 24.3 Å². The Bertz CT molecular complexity index is 1440. The second kappa shape index (κ2) is 7.66. The number of nitriles is 1. The number of benzene rings is 3. The molecule has 1 aliphatic heterocycles. The molecule has 0 saturated carbocycles. The molecule has 0 atom stereocenters. The Morgan fingerprint density at radius 3 is 1.97 bits per heavy atom. The fraction of sp³-hybridized carbons (Fsp3) is 0. The number of nitrogens with two attached hydrogens (primary N) is 1. The monoisotopic (exact) mass is 435 g/mol. The molecule has 2 N–H and O–H groups in total. The summed E-state index contributed by atoms with van der Waals surface area (Å²) in [6.07, 6.45) is 0. The van der Waals surface area contributed by atoms with Crippen molar-refractivity contribution in [2.45, 2.75) is 0 Å². The Balaban J connectivity index is 1.55. The van der Waals surface area contributed by atoms with Gasteiger partial charge in [-0.1, -0.05) is 24.3 Å². The van der Waals surface area contributed by atoms with E-state index in [1.54, 1.807) is 48.5 Å². The van der Waals surface area contributed by atoms with Crippen molar-refractivity contribution in [1.29, 1.82) is 5.26 Å². The molecule has 0 fully saturated rings. The first-order chi connectivity index (χ1) is 16.0. The van der Waals surface area contributed by atoms with Gasteiger partial charge in [0.15, 0.2) is 5.82 Å². The van der Waals surface area contributed by atoms with Gasteiger partial charge < -0.3 is 5.73 Å². The van der Waals surface area contributed by atoms with Gasteiger partial charge in [0.1, 0.15) is 23.3 Å². The molecule has 1 aromatic heterocycles. The van der Waals surface area contributed by atoms with Crippen LogP contribution in [0.2, 0.25) is 0 Å². The molecule has 3 aromatic carbocycles. The first-order valence-electron chi connectivity index (χ1n) is 9.89. The quantitative estimate of drug-likeness (QED) is 0.483. The van der Waals surface area contributed by atoms with Crippen LogP contribution in [0.3, 0.4) is 0 Å². The molecule has 7 nitrogen and oxygen atoms in total. The molecule has 2 amide bonds. The van der Waals surface area contributed by atoms with E-state index in [-0.39, 0.29) is 17.2 Å². The van der Waals surface area contributed by atoms with Crippen molar-refractivity contribution < 1.29 is 14.0 Å². The lowest BCUT2D eigenvalue weighted by molar-refractivity contribution is 0.0926. The van der Waals surface area contributed by atoms with E-state index in [9.17, 15) is 19.2 Å². The van der Waals surface area contributed by atoms with Crippen molar-refractivity contribution >= 4 is 23.3 Å². The van der Waals surface area contributed by atoms with Gasteiger partial charge in [0.2, 0.25) is 0 Å². The molecular formula is C25H14FN5O2. The van der Waals surface area contributed by atoms with Crippen LogP contribution in [0.4, 0.5) is 15.9 Å². The highest BCUT2D eigenvalue weighted by molar-refractivity contribution is 6.34. The molecule has 0 bridgehead atoms. The van der Waals surface area contributed by atoms with Crippen LogP contribution in [-0.2, 0) is 0 Å². The van der Waals surface area contributed by atoms with Gasteiger partial charge in [0, 0.05) is 11.1 Å². The van der Waals surface area contributed by atoms with Crippen molar-refractivity contribution in [3.05, 3.63) is 95.3 Å². The minimum Gasteiger partial charge on any atom is -0.382 e. The molecule has 2 heterocycles. The maximum Gasteiger partial charge on any atom is 0.266 e. The summed E-state index contributed by atoms with van der Waals surface area (Å²) in [6, 6.07) is 20.8. The third kappa shape index (κ3) is 3.28. The second-order valence-corrected chi connectivity index (χ2v) is 7.31. The summed E-state index contributed by atoms with van der Waals surface area (Å²) in [5, 5.41) is 9.60. The average molecular weight is 435 g/mol. The molecule has 158 valence electrons. The number of hydrogen-bond donors (Lipinski definition) is 1. The predicted molar refractivity (Wildman–Crippen MR) is 120 cm³/mol. The Hall–Kier alpha value is -4.90. The summed E-state index contributed by atoms with van der Waals surface area (Å²) in [4.78, 5) is 35.2. The summed E-state index contributed by atoms with van der Waals surface area (Å²) in [5.74, 6) is -0.960. The number of imide groups is 1. The molecule has 8 heteroatoms. The molecule has 0 aliphatic carbocycles. The minimum absolute atomic E-state index is 0.00810. The van der Waals surface area contributed by atoms with Crippen LogP contribution in [0.25, 0.3) is 22.6 Å². The van der Waals surface area contributed by atoms with E-state index in [1.807, 2.05) is 6.07 Å². The van der Waals surface area contributed by atoms with Crippen LogP contribution < -0.4 is 10.6 Å². The third-order valence-electron chi connectivity index (χ3n) is 5.34. The highest BCUT2D eigenvalue weighted by atomic mass is 19.1. The van der Waals surface area contributed by atoms with Crippen molar-refractivity contribution in [3.63, 3.8) is 0 Å². The lowest BCUT2D eigenvalue weighted by atomic mass is 10.1. The predicted octanol–water partition coefficient (Wildman–Crippen LogP) is 4.20. The van der Waals surface area contributed by atoms with E-state index in [4.69, 9.17) is 5.73 Å². The van der Waals surface area contributed by atoms with Gasteiger partial charge in [-0.3, -0.25) is 9.59 Å². The molecule has 0 spiro atoms. The number of nitrogen functional groups attached to an aromatic ring is 1.